The van der Waals surface area contributed by atoms with Crippen LogP contribution in [0.1, 0.15) is 62.7 Å². The lowest BCUT2D eigenvalue weighted by Gasteiger charge is -2.39. The molecule has 6 nitrogen and oxygen atoms in total. The van der Waals surface area contributed by atoms with Crippen LogP contribution in [0.15, 0.2) is 24.3 Å². The number of piperidine rings is 1. The average Bonchev–Trinajstić information content (AvgIpc) is 2.68. The van der Waals surface area contributed by atoms with Crippen molar-refractivity contribution in [1.82, 2.24) is 10.2 Å². The van der Waals surface area contributed by atoms with E-state index in [0.717, 1.165) is 44.3 Å². The first-order valence-electron chi connectivity index (χ1n) is 10.5. The molecule has 2 amide bonds. The quantitative estimate of drug-likeness (QED) is 0.814. The molecule has 2 aliphatic rings. The Hall–Kier alpha value is -2.08. The zero-order valence-electron chi connectivity index (χ0n) is 17.1. The lowest BCUT2D eigenvalue weighted by molar-refractivity contribution is -0.129. The summed E-state index contributed by atoms with van der Waals surface area (Å²) < 4.78 is 5.43. The van der Waals surface area contributed by atoms with Gasteiger partial charge in [-0.05, 0) is 63.8 Å². The topological polar surface area (TPSA) is 84.7 Å². The molecule has 1 saturated carbocycles. The van der Waals surface area contributed by atoms with E-state index in [1.54, 1.807) is 0 Å². The number of rotatable bonds is 5. The Bertz CT molecular complexity index is 679. The molecule has 28 heavy (non-hydrogen) atoms. The molecule has 1 heterocycles. The van der Waals surface area contributed by atoms with Crippen LogP contribution in [0.25, 0.3) is 0 Å². The van der Waals surface area contributed by atoms with E-state index >= 15 is 0 Å². The Morgan fingerprint density at radius 1 is 1.18 bits per heavy atom. The maximum atomic E-state index is 12.7. The van der Waals surface area contributed by atoms with E-state index in [2.05, 4.69) is 5.32 Å². The van der Waals surface area contributed by atoms with Gasteiger partial charge >= 0.3 is 0 Å². The summed E-state index contributed by atoms with van der Waals surface area (Å²) in [7, 11) is 0. The van der Waals surface area contributed by atoms with Gasteiger partial charge in [0.05, 0.1) is 12.5 Å². The summed E-state index contributed by atoms with van der Waals surface area (Å²) in [4.78, 5) is 27.3. The number of benzene rings is 1. The first-order chi connectivity index (χ1) is 13.4. The van der Waals surface area contributed by atoms with Crippen LogP contribution in [0.3, 0.4) is 0 Å². The van der Waals surface area contributed by atoms with E-state index in [1.165, 1.54) is 0 Å². The van der Waals surface area contributed by atoms with Gasteiger partial charge < -0.3 is 20.7 Å². The highest BCUT2D eigenvalue weighted by Gasteiger charge is 2.38. The highest BCUT2D eigenvalue weighted by Crippen LogP contribution is 2.32. The van der Waals surface area contributed by atoms with Gasteiger partial charge in [-0.25, -0.2) is 0 Å². The van der Waals surface area contributed by atoms with Gasteiger partial charge in [-0.1, -0.05) is 12.8 Å². The largest absolute Gasteiger partial charge is 0.494 e. The van der Waals surface area contributed by atoms with Crippen molar-refractivity contribution in [3.8, 4) is 5.75 Å². The molecule has 1 aliphatic carbocycles. The van der Waals surface area contributed by atoms with E-state index < -0.39 is 5.54 Å². The van der Waals surface area contributed by atoms with Crippen molar-refractivity contribution >= 4 is 11.8 Å². The first-order valence-corrected chi connectivity index (χ1v) is 10.5. The van der Waals surface area contributed by atoms with E-state index in [9.17, 15) is 9.59 Å². The van der Waals surface area contributed by atoms with Crippen molar-refractivity contribution in [3.63, 3.8) is 0 Å². The molecule has 6 heteroatoms. The van der Waals surface area contributed by atoms with Gasteiger partial charge in [-0.15, -0.1) is 0 Å². The number of nitrogens with one attached hydrogen (secondary N) is 1. The molecule has 2 fully saturated rings. The monoisotopic (exact) mass is 387 g/mol. The van der Waals surface area contributed by atoms with E-state index in [-0.39, 0.29) is 23.8 Å². The predicted molar refractivity (Wildman–Crippen MR) is 109 cm³/mol. The molecule has 0 spiro atoms. The fourth-order valence-electron chi connectivity index (χ4n) is 4.36. The molecule has 3 N–H and O–H groups in total. The highest BCUT2D eigenvalue weighted by molar-refractivity contribution is 5.94. The fourth-order valence-corrected chi connectivity index (χ4v) is 4.36. The Balaban J connectivity index is 1.50. The van der Waals surface area contributed by atoms with Crippen LogP contribution in [0.5, 0.6) is 5.75 Å². The number of likely N-dealkylation sites (tertiary alicyclic amines) is 1. The third-order valence-electron chi connectivity index (χ3n) is 6.11. The van der Waals surface area contributed by atoms with Crippen molar-refractivity contribution in [2.75, 3.05) is 19.7 Å². The summed E-state index contributed by atoms with van der Waals surface area (Å²) in [5.74, 6) is 0.787. The van der Waals surface area contributed by atoms with Gasteiger partial charge in [0.2, 0.25) is 5.91 Å². The average molecular weight is 388 g/mol. The highest BCUT2D eigenvalue weighted by atomic mass is 16.5. The summed E-state index contributed by atoms with van der Waals surface area (Å²) in [5.41, 5.74) is 6.62. The van der Waals surface area contributed by atoms with Crippen LogP contribution in [0.2, 0.25) is 0 Å². The Kier molecular flexibility index (Phi) is 6.60. The van der Waals surface area contributed by atoms with Crippen molar-refractivity contribution in [2.24, 2.45) is 11.7 Å². The number of carbonyl (C=O) groups is 2. The minimum atomic E-state index is -0.410. The number of ether oxygens (including phenoxy) is 1. The smallest absolute Gasteiger partial charge is 0.253 e. The molecule has 154 valence electrons. The fraction of sp³-hybridized carbons (Fsp3) is 0.636. The van der Waals surface area contributed by atoms with Crippen LogP contribution in [0, 0.1) is 5.92 Å². The second-order valence-electron chi connectivity index (χ2n) is 8.34. The molecular formula is C22H33N3O3. The summed E-state index contributed by atoms with van der Waals surface area (Å²) in [6.07, 6.45) is 5.50. The zero-order valence-corrected chi connectivity index (χ0v) is 17.1. The number of hydrogen-bond donors (Lipinski definition) is 2. The molecule has 2 atom stereocenters. The predicted octanol–water partition coefficient (Wildman–Crippen LogP) is 2.71. The molecule has 1 aliphatic heterocycles. The van der Waals surface area contributed by atoms with Gasteiger partial charge in [-0.2, -0.15) is 0 Å². The molecular weight excluding hydrogens is 354 g/mol. The lowest BCUT2D eigenvalue weighted by Crippen LogP contribution is -2.55. The standard InChI is InChI=1S/C22H33N3O3/c1-3-28-18-9-7-16(8-10-18)21(27)25-14-11-17(12-15-25)24-20(26)19-6-4-5-13-22(19,2)23/h7-10,17,19H,3-6,11-15,23H2,1-2H3,(H,24,26). The molecule has 2 unspecified atom stereocenters. The SMILES string of the molecule is CCOc1ccc(C(=O)N2CCC(NC(=O)C3CCCCC3(C)N)CC2)cc1. The summed E-state index contributed by atoms with van der Waals surface area (Å²) >= 11 is 0. The van der Waals surface area contributed by atoms with Crippen molar-refractivity contribution in [3.05, 3.63) is 29.8 Å². The number of nitrogens with two attached hydrogens (primary N) is 1. The minimum absolute atomic E-state index is 0.0367. The Morgan fingerprint density at radius 3 is 2.46 bits per heavy atom. The molecule has 1 aromatic rings. The van der Waals surface area contributed by atoms with Gasteiger partial charge in [-0.3, -0.25) is 9.59 Å². The van der Waals surface area contributed by atoms with Crippen molar-refractivity contribution < 1.29 is 14.3 Å². The van der Waals surface area contributed by atoms with Crippen molar-refractivity contribution in [2.45, 2.75) is 64.0 Å². The first kappa shape index (κ1) is 20.6. The summed E-state index contributed by atoms with van der Waals surface area (Å²) in [6, 6.07) is 7.41. The maximum Gasteiger partial charge on any atom is 0.253 e. The number of nitrogens with zero attached hydrogens (tertiary/aromatic N) is 1. The Labute approximate surface area is 167 Å². The molecule has 1 saturated heterocycles. The van der Waals surface area contributed by atoms with Gasteiger partial charge in [0.1, 0.15) is 5.75 Å². The molecule has 0 radical (unpaired) electrons. The van der Waals surface area contributed by atoms with Gasteiger partial charge in [0.15, 0.2) is 0 Å². The van der Waals surface area contributed by atoms with Gasteiger partial charge in [0.25, 0.3) is 5.91 Å². The maximum absolute atomic E-state index is 12.7. The van der Waals surface area contributed by atoms with E-state index in [0.29, 0.717) is 25.3 Å². The third kappa shape index (κ3) is 4.85. The van der Waals surface area contributed by atoms with Crippen LogP contribution >= 0.6 is 0 Å². The third-order valence-corrected chi connectivity index (χ3v) is 6.11. The van der Waals surface area contributed by atoms with Crippen LogP contribution in [-0.4, -0.2) is 48.0 Å². The summed E-state index contributed by atoms with van der Waals surface area (Å²) in [6.45, 7) is 5.85. The van der Waals surface area contributed by atoms with E-state index in [4.69, 9.17) is 10.5 Å². The van der Waals surface area contributed by atoms with Gasteiger partial charge in [0, 0.05) is 30.2 Å². The lowest BCUT2D eigenvalue weighted by atomic mass is 9.74. The normalized spacial score (nSPS) is 26.0. The minimum Gasteiger partial charge on any atom is -0.494 e. The van der Waals surface area contributed by atoms with Crippen molar-refractivity contribution in [1.29, 1.82) is 0 Å². The van der Waals surface area contributed by atoms with E-state index in [1.807, 2.05) is 43.0 Å². The molecule has 3 rings (SSSR count). The zero-order chi connectivity index (χ0) is 20.1. The summed E-state index contributed by atoms with van der Waals surface area (Å²) in [5, 5.41) is 3.19. The van der Waals surface area contributed by atoms with Crippen LogP contribution in [-0.2, 0) is 4.79 Å². The number of hydrogen-bond acceptors (Lipinski definition) is 4. The second-order valence-corrected chi connectivity index (χ2v) is 8.34. The number of amides is 2. The second kappa shape index (κ2) is 8.95. The number of carbonyl (C=O) groups excluding carboxylic acids is 2. The Morgan fingerprint density at radius 2 is 1.86 bits per heavy atom. The molecule has 0 bridgehead atoms. The molecule has 1 aromatic carbocycles. The van der Waals surface area contributed by atoms with Crippen LogP contribution in [0.4, 0.5) is 0 Å². The van der Waals surface area contributed by atoms with Crippen LogP contribution < -0.4 is 15.8 Å². The molecule has 0 aromatic heterocycles.